The molecule has 27 heavy (non-hydrogen) atoms. The molecule has 1 aliphatic rings. The van der Waals surface area contributed by atoms with Crippen molar-refractivity contribution in [2.75, 3.05) is 33.4 Å². The fourth-order valence-corrected chi connectivity index (χ4v) is 3.37. The Bertz CT molecular complexity index is 731. The van der Waals surface area contributed by atoms with Crippen molar-refractivity contribution in [3.63, 3.8) is 0 Å². The summed E-state index contributed by atoms with van der Waals surface area (Å²) in [4.78, 5) is 2.44. The molecule has 0 amide bonds. The summed E-state index contributed by atoms with van der Waals surface area (Å²) in [6, 6.07) is 18.5. The van der Waals surface area contributed by atoms with Crippen LogP contribution >= 0.6 is 12.4 Å². The highest BCUT2D eigenvalue weighted by Gasteiger charge is 2.18. The minimum Gasteiger partial charge on any atom is -0.493 e. The van der Waals surface area contributed by atoms with E-state index in [0.717, 1.165) is 37.1 Å². The van der Waals surface area contributed by atoms with Crippen molar-refractivity contribution >= 4 is 12.4 Å². The van der Waals surface area contributed by atoms with Gasteiger partial charge in [0.25, 0.3) is 0 Å². The zero-order chi connectivity index (χ0) is 18.0. The van der Waals surface area contributed by atoms with Crippen LogP contribution in [0, 0.1) is 17.8 Å². The first-order chi connectivity index (χ1) is 12.8. The molecule has 0 radical (unpaired) electrons. The first-order valence-electron chi connectivity index (χ1n) is 9.33. The minimum atomic E-state index is 0. The predicted octanol–water partition coefficient (Wildman–Crippen LogP) is 4.45. The third kappa shape index (κ3) is 6.82. The molecule has 0 spiro atoms. The first-order valence-corrected chi connectivity index (χ1v) is 9.33. The van der Waals surface area contributed by atoms with Gasteiger partial charge >= 0.3 is 0 Å². The SMILES string of the molecule is COc1ccccc1OCC#CCN1CCC(Cc2ccccc2)CC1.Cl. The van der Waals surface area contributed by atoms with Gasteiger partial charge in [0.1, 0.15) is 6.61 Å². The van der Waals surface area contributed by atoms with E-state index in [9.17, 15) is 0 Å². The number of nitrogens with zero attached hydrogens (tertiary/aromatic N) is 1. The van der Waals surface area contributed by atoms with Crippen molar-refractivity contribution < 1.29 is 9.47 Å². The number of hydrogen-bond acceptors (Lipinski definition) is 3. The smallest absolute Gasteiger partial charge is 0.162 e. The maximum Gasteiger partial charge on any atom is 0.162 e. The molecule has 1 aliphatic heterocycles. The van der Waals surface area contributed by atoms with Crippen LogP contribution in [-0.2, 0) is 6.42 Å². The van der Waals surface area contributed by atoms with Gasteiger partial charge in [0, 0.05) is 0 Å². The maximum atomic E-state index is 5.68. The number of hydrogen-bond donors (Lipinski definition) is 0. The molecule has 0 bridgehead atoms. The Labute approximate surface area is 169 Å². The van der Waals surface area contributed by atoms with E-state index in [0.29, 0.717) is 6.61 Å². The summed E-state index contributed by atoms with van der Waals surface area (Å²) in [5, 5.41) is 0. The molecule has 0 aromatic heterocycles. The summed E-state index contributed by atoms with van der Waals surface area (Å²) in [7, 11) is 1.65. The third-order valence-corrected chi connectivity index (χ3v) is 4.87. The van der Waals surface area contributed by atoms with Gasteiger partial charge in [-0.1, -0.05) is 54.3 Å². The molecule has 3 rings (SSSR count). The molecule has 1 heterocycles. The van der Waals surface area contributed by atoms with Gasteiger partial charge in [0.05, 0.1) is 13.7 Å². The molecule has 2 aromatic carbocycles. The number of likely N-dealkylation sites (tertiary alicyclic amines) is 1. The zero-order valence-electron chi connectivity index (χ0n) is 15.9. The molecular formula is C23H28ClNO2. The van der Waals surface area contributed by atoms with E-state index in [4.69, 9.17) is 9.47 Å². The van der Waals surface area contributed by atoms with Gasteiger partial charge in [0.15, 0.2) is 11.5 Å². The molecule has 2 aromatic rings. The molecule has 3 nitrogen and oxygen atoms in total. The van der Waals surface area contributed by atoms with Crippen molar-refractivity contribution in [1.29, 1.82) is 0 Å². The van der Waals surface area contributed by atoms with E-state index in [1.54, 1.807) is 7.11 Å². The summed E-state index contributed by atoms with van der Waals surface area (Å²) in [6.07, 6.45) is 3.72. The molecule has 144 valence electrons. The van der Waals surface area contributed by atoms with Crippen LogP contribution < -0.4 is 9.47 Å². The highest BCUT2D eigenvalue weighted by atomic mass is 35.5. The Kier molecular flexibility index (Phi) is 9.04. The van der Waals surface area contributed by atoms with Crippen molar-refractivity contribution in [3.05, 3.63) is 60.2 Å². The standard InChI is InChI=1S/C23H27NO2.ClH/c1-25-22-11-5-6-12-23(22)26-18-8-7-15-24-16-13-21(14-17-24)19-20-9-3-2-4-10-20;/h2-6,9-12,21H,13-19H2,1H3;1H. The molecule has 0 unspecified atom stereocenters. The Hall–Kier alpha value is -2.15. The van der Waals surface area contributed by atoms with Crippen LogP contribution in [0.3, 0.4) is 0 Å². The summed E-state index contributed by atoms with van der Waals surface area (Å²) >= 11 is 0. The normalized spacial score (nSPS) is 14.6. The molecule has 0 atom stereocenters. The number of para-hydroxylation sites is 2. The van der Waals surface area contributed by atoms with Crippen molar-refractivity contribution in [2.45, 2.75) is 19.3 Å². The van der Waals surface area contributed by atoms with Gasteiger partial charge in [-0.05, 0) is 56.0 Å². The lowest BCUT2D eigenvalue weighted by atomic mass is 9.90. The van der Waals surface area contributed by atoms with E-state index in [1.807, 2.05) is 24.3 Å². The minimum absolute atomic E-state index is 0. The lowest BCUT2D eigenvalue weighted by molar-refractivity contribution is 0.203. The van der Waals surface area contributed by atoms with Crippen LogP contribution in [-0.4, -0.2) is 38.3 Å². The average molecular weight is 386 g/mol. The summed E-state index contributed by atoms with van der Waals surface area (Å²) in [5.41, 5.74) is 1.46. The van der Waals surface area contributed by atoms with Gasteiger partial charge in [-0.25, -0.2) is 0 Å². The molecule has 1 saturated heterocycles. The lowest BCUT2D eigenvalue weighted by Crippen LogP contribution is -2.34. The number of halogens is 1. The Morgan fingerprint density at radius 2 is 1.59 bits per heavy atom. The topological polar surface area (TPSA) is 21.7 Å². The lowest BCUT2D eigenvalue weighted by Gasteiger charge is -2.30. The monoisotopic (exact) mass is 385 g/mol. The molecule has 0 N–H and O–H groups in total. The van der Waals surface area contributed by atoms with E-state index in [1.165, 1.54) is 24.8 Å². The van der Waals surface area contributed by atoms with Gasteiger partial charge in [-0.2, -0.15) is 0 Å². The Morgan fingerprint density at radius 1 is 0.926 bits per heavy atom. The van der Waals surface area contributed by atoms with Crippen molar-refractivity contribution in [2.24, 2.45) is 5.92 Å². The molecule has 1 fully saturated rings. The van der Waals surface area contributed by atoms with Crippen LogP contribution in [0.1, 0.15) is 18.4 Å². The number of ether oxygens (including phenoxy) is 2. The number of benzene rings is 2. The van der Waals surface area contributed by atoms with Crippen molar-refractivity contribution in [1.82, 2.24) is 4.90 Å². The van der Waals surface area contributed by atoms with Crippen LogP contribution in [0.15, 0.2) is 54.6 Å². The van der Waals surface area contributed by atoms with Gasteiger partial charge in [-0.15, -0.1) is 12.4 Å². The van der Waals surface area contributed by atoms with E-state index in [-0.39, 0.29) is 12.4 Å². The number of methoxy groups -OCH3 is 1. The summed E-state index contributed by atoms with van der Waals surface area (Å²) < 4.78 is 11.0. The summed E-state index contributed by atoms with van der Waals surface area (Å²) in [6.45, 7) is 3.50. The van der Waals surface area contributed by atoms with Crippen LogP contribution in [0.25, 0.3) is 0 Å². The Morgan fingerprint density at radius 3 is 2.30 bits per heavy atom. The maximum absolute atomic E-state index is 5.68. The van der Waals surface area contributed by atoms with E-state index in [2.05, 4.69) is 47.1 Å². The number of piperidine rings is 1. The van der Waals surface area contributed by atoms with Crippen molar-refractivity contribution in [3.8, 4) is 23.3 Å². The number of rotatable bonds is 6. The van der Waals surface area contributed by atoms with Gasteiger partial charge in [-0.3, -0.25) is 4.90 Å². The third-order valence-electron chi connectivity index (χ3n) is 4.87. The second-order valence-electron chi connectivity index (χ2n) is 6.70. The summed E-state index contributed by atoms with van der Waals surface area (Å²) in [5.74, 6) is 8.64. The second-order valence-corrected chi connectivity index (χ2v) is 6.70. The van der Waals surface area contributed by atoms with Crippen LogP contribution in [0.2, 0.25) is 0 Å². The largest absolute Gasteiger partial charge is 0.493 e. The molecule has 0 saturated carbocycles. The molecule has 0 aliphatic carbocycles. The first kappa shape index (κ1) is 21.2. The quantitative estimate of drug-likeness (QED) is 0.685. The second kappa shape index (κ2) is 11.5. The molecular weight excluding hydrogens is 358 g/mol. The Balaban J connectivity index is 0.00000261. The van der Waals surface area contributed by atoms with Crippen LogP contribution in [0.4, 0.5) is 0 Å². The van der Waals surface area contributed by atoms with Crippen LogP contribution in [0.5, 0.6) is 11.5 Å². The van der Waals surface area contributed by atoms with E-state index < -0.39 is 0 Å². The zero-order valence-corrected chi connectivity index (χ0v) is 16.7. The fraction of sp³-hybridized carbons (Fsp3) is 0.391. The van der Waals surface area contributed by atoms with Gasteiger partial charge in [0.2, 0.25) is 0 Å². The molecule has 4 heteroatoms. The average Bonchev–Trinajstić information content (AvgIpc) is 2.70. The highest BCUT2D eigenvalue weighted by Crippen LogP contribution is 2.25. The highest BCUT2D eigenvalue weighted by molar-refractivity contribution is 5.85. The van der Waals surface area contributed by atoms with Gasteiger partial charge < -0.3 is 9.47 Å². The predicted molar refractivity (Wildman–Crippen MR) is 113 cm³/mol. The van der Waals surface area contributed by atoms with E-state index >= 15 is 0 Å². The fourth-order valence-electron chi connectivity index (χ4n) is 3.37.